The molecule has 1 aliphatic carbocycles. The third kappa shape index (κ3) is 4.49. The highest BCUT2D eigenvalue weighted by Crippen LogP contribution is 2.30. The lowest BCUT2D eigenvalue weighted by Crippen LogP contribution is -2.17. The van der Waals surface area contributed by atoms with E-state index in [1.165, 1.54) is 43.2 Å². The summed E-state index contributed by atoms with van der Waals surface area (Å²) in [6, 6.07) is 10.7. The van der Waals surface area contributed by atoms with Crippen LogP contribution in [0.1, 0.15) is 63.9 Å². The zero-order valence-electron chi connectivity index (χ0n) is 12.8. The largest absolute Gasteiger partial charge is 0.389 e. The first-order chi connectivity index (χ1) is 9.81. The molecule has 1 saturated carbocycles. The Bertz CT molecular complexity index is 419. The van der Waals surface area contributed by atoms with E-state index in [4.69, 9.17) is 0 Å². The van der Waals surface area contributed by atoms with Crippen molar-refractivity contribution in [2.24, 2.45) is 0 Å². The van der Waals surface area contributed by atoms with E-state index in [0.29, 0.717) is 0 Å². The quantitative estimate of drug-likeness (QED) is 0.719. The fraction of sp³-hybridized carbons (Fsp3) is 0.579. The van der Waals surface area contributed by atoms with Gasteiger partial charge < -0.3 is 5.11 Å². The monoisotopic (exact) mass is 272 g/mol. The molecule has 20 heavy (non-hydrogen) atoms. The summed E-state index contributed by atoms with van der Waals surface area (Å²) in [5.74, 6) is 0. The van der Waals surface area contributed by atoms with E-state index in [1.54, 1.807) is 5.57 Å². The van der Waals surface area contributed by atoms with Crippen molar-refractivity contribution in [2.75, 3.05) is 0 Å². The highest BCUT2D eigenvalue weighted by molar-refractivity contribution is 5.23. The summed E-state index contributed by atoms with van der Waals surface area (Å²) in [6.45, 7) is 2.25. The van der Waals surface area contributed by atoms with E-state index in [0.717, 1.165) is 25.7 Å². The predicted molar refractivity (Wildman–Crippen MR) is 85.8 cm³/mol. The Morgan fingerprint density at radius 2 is 1.95 bits per heavy atom. The third-order valence-electron chi connectivity index (χ3n) is 4.42. The highest BCUT2D eigenvalue weighted by Gasteiger charge is 2.19. The lowest BCUT2D eigenvalue weighted by molar-refractivity contribution is 0.176. The van der Waals surface area contributed by atoms with Gasteiger partial charge >= 0.3 is 0 Å². The van der Waals surface area contributed by atoms with Crippen LogP contribution in [-0.4, -0.2) is 11.2 Å². The average Bonchev–Trinajstić information content (AvgIpc) is 2.49. The van der Waals surface area contributed by atoms with E-state index >= 15 is 0 Å². The molecule has 110 valence electrons. The Hall–Kier alpha value is -1.08. The predicted octanol–water partition coefficient (Wildman–Crippen LogP) is 5.04. The summed E-state index contributed by atoms with van der Waals surface area (Å²) in [5, 5.41) is 10.3. The Morgan fingerprint density at radius 3 is 2.65 bits per heavy atom. The molecule has 0 bridgehead atoms. The van der Waals surface area contributed by atoms with Gasteiger partial charge in [0.25, 0.3) is 0 Å². The van der Waals surface area contributed by atoms with Crippen LogP contribution in [0.5, 0.6) is 0 Å². The number of hydrogen-bond acceptors (Lipinski definition) is 1. The number of aliphatic hydroxyl groups excluding tert-OH is 1. The molecule has 1 aliphatic rings. The minimum atomic E-state index is -0.161. The van der Waals surface area contributed by atoms with E-state index in [2.05, 4.69) is 37.3 Å². The minimum absolute atomic E-state index is 0.161. The second-order valence-corrected chi connectivity index (χ2v) is 5.98. The molecule has 0 aliphatic heterocycles. The van der Waals surface area contributed by atoms with Crippen LogP contribution in [0, 0.1) is 0 Å². The van der Waals surface area contributed by atoms with Gasteiger partial charge in [0.2, 0.25) is 0 Å². The summed E-state index contributed by atoms with van der Waals surface area (Å²) >= 11 is 0. The number of hydrogen-bond donors (Lipinski definition) is 1. The van der Waals surface area contributed by atoms with E-state index in [9.17, 15) is 5.11 Å². The van der Waals surface area contributed by atoms with Crippen molar-refractivity contribution in [3.63, 3.8) is 0 Å². The Labute approximate surface area is 123 Å². The molecule has 0 radical (unpaired) electrons. The summed E-state index contributed by atoms with van der Waals surface area (Å²) in [4.78, 5) is 0. The minimum Gasteiger partial charge on any atom is -0.389 e. The van der Waals surface area contributed by atoms with Crippen LogP contribution >= 0.6 is 0 Å². The van der Waals surface area contributed by atoms with E-state index < -0.39 is 0 Å². The van der Waals surface area contributed by atoms with Crippen LogP contribution in [0.4, 0.5) is 0 Å². The SMILES string of the molecule is CCCC/C(CCc1ccccc1)=C1\CCCCC1O. The van der Waals surface area contributed by atoms with Gasteiger partial charge in [-0.05, 0) is 56.1 Å². The highest BCUT2D eigenvalue weighted by atomic mass is 16.3. The smallest absolute Gasteiger partial charge is 0.0752 e. The topological polar surface area (TPSA) is 20.2 Å². The van der Waals surface area contributed by atoms with Gasteiger partial charge in [0, 0.05) is 0 Å². The lowest BCUT2D eigenvalue weighted by Gasteiger charge is -2.25. The number of aryl methyl sites for hydroxylation is 1. The van der Waals surface area contributed by atoms with Gasteiger partial charge in [0.05, 0.1) is 6.10 Å². The molecule has 2 rings (SSSR count). The zero-order chi connectivity index (χ0) is 14.2. The Balaban J connectivity index is 2.04. The molecule has 1 nitrogen and oxygen atoms in total. The molecule has 1 N–H and O–H groups in total. The van der Waals surface area contributed by atoms with Crippen molar-refractivity contribution < 1.29 is 5.11 Å². The second-order valence-electron chi connectivity index (χ2n) is 5.98. The van der Waals surface area contributed by atoms with Crippen LogP contribution in [0.15, 0.2) is 41.5 Å². The molecule has 0 heterocycles. The molecule has 0 aromatic heterocycles. The van der Waals surface area contributed by atoms with Gasteiger partial charge in [0.15, 0.2) is 0 Å². The van der Waals surface area contributed by atoms with Crippen LogP contribution in [0.2, 0.25) is 0 Å². The number of rotatable bonds is 6. The number of allylic oxidation sites excluding steroid dienone is 1. The van der Waals surface area contributed by atoms with Crippen LogP contribution in [0.3, 0.4) is 0 Å². The summed E-state index contributed by atoms with van der Waals surface area (Å²) in [6.07, 6.45) is 10.3. The average molecular weight is 272 g/mol. The van der Waals surface area contributed by atoms with Crippen molar-refractivity contribution in [1.29, 1.82) is 0 Å². The van der Waals surface area contributed by atoms with Gasteiger partial charge in [-0.1, -0.05) is 55.7 Å². The van der Waals surface area contributed by atoms with E-state index in [-0.39, 0.29) is 6.10 Å². The van der Waals surface area contributed by atoms with Gasteiger partial charge in [-0.2, -0.15) is 0 Å². The lowest BCUT2D eigenvalue weighted by atomic mass is 9.85. The normalized spacial score (nSPS) is 21.8. The van der Waals surface area contributed by atoms with E-state index in [1.807, 2.05) is 0 Å². The van der Waals surface area contributed by atoms with Gasteiger partial charge in [-0.15, -0.1) is 0 Å². The Kier molecular flexibility index (Phi) is 6.32. The molecule has 0 saturated heterocycles. The summed E-state index contributed by atoms with van der Waals surface area (Å²) in [7, 11) is 0. The fourth-order valence-electron chi connectivity index (χ4n) is 3.18. The molecular formula is C19H28O. The van der Waals surface area contributed by atoms with Crippen molar-refractivity contribution in [3.05, 3.63) is 47.0 Å². The van der Waals surface area contributed by atoms with Gasteiger partial charge in [-0.25, -0.2) is 0 Å². The molecule has 1 aromatic carbocycles. The van der Waals surface area contributed by atoms with Crippen LogP contribution < -0.4 is 0 Å². The molecular weight excluding hydrogens is 244 g/mol. The second kappa shape index (κ2) is 8.26. The molecule has 1 atom stereocenters. The van der Waals surface area contributed by atoms with Crippen molar-refractivity contribution >= 4 is 0 Å². The van der Waals surface area contributed by atoms with Gasteiger partial charge in [0.1, 0.15) is 0 Å². The standard InChI is InChI=1S/C19H28O/c1-2-3-11-17(18-12-7-8-13-19(18)20)15-14-16-9-5-4-6-10-16/h4-6,9-10,19-20H,2-3,7-8,11-15H2,1H3/b18-17-. The van der Waals surface area contributed by atoms with Crippen molar-refractivity contribution in [3.8, 4) is 0 Å². The van der Waals surface area contributed by atoms with Crippen LogP contribution in [-0.2, 0) is 6.42 Å². The maximum atomic E-state index is 10.3. The number of aliphatic hydroxyl groups is 1. The molecule has 1 unspecified atom stereocenters. The summed E-state index contributed by atoms with van der Waals surface area (Å²) in [5.41, 5.74) is 4.33. The van der Waals surface area contributed by atoms with Crippen molar-refractivity contribution in [2.45, 2.75) is 70.8 Å². The first kappa shape index (κ1) is 15.3. The summed E-state index contributed by atoms with van der Waals surface area (Å²) < 4.78 is 0. The maximum Gasteiger partial charge on any atom is 0.0752 e. The third-order valence-corrected chi connectivity index (χ3v) is 4.42. The van der Waals surface area contributed by atoms with Gasteiger partial charge in [-0.3, -0.25) is 0 Å². The molecule has 1 fully saturated rings. The Morgan fingerprint density at radius 1 is 1.15 bits per heavy atom. The fourth-order valence-corrected chi connectivity index (χ4v) is 3.18. The molecule has 0 spiro atoms. The molecule has 1 heteroatoms. The molecule has 0 amide bonds. The zero-order valence-corrected chi connectivity index (χ0v) is 12.8. The number of unbranched alkanes of at least 4 members (excludes halogenated alkanes) is 1. The maximum absolute atomic E-state index is 10.3. The first-order valence-corrected chi connectivity index (χ1v) is 8.24. The van der Waals surface area contributed by atoms with Crippen molar-refractivity contribution in [1.82, 2.24) is 0 Å². The first-order valence-electron chi connectivity index (χ1n) is 8.24. The number of benzene rings is 1. The van der Waals surface area contributed by atoms with Crippen LogP contribution in [0.25, 0.3) is 0 Å². The molecule has 1 aromatic rings.